The summed E-state index contributed by atoms with van der Waals surface area (Å²) in [6, 6.07) is 12.4. The van der Waals surface area contributed by atoms with E-state index < -0.39 is 30.3 Å². The maximum atomic E-state index is 14.5. The van der Waals surface area contributed by atoms with Gasteiger partial charge in [-0.25, -0.2) is 19.6 Å². The second-order valence-electron chi connectivity index (χ2n) is 18.0. The standard InChI is InChI=1S/C49H62N8O8/c1-9-27(5)56(46(58)41(26(3)4)54-48(60)62-7)28(6)44-50-24-38(52-44)31-11-14-34-32(21-31)25-65-40-23-35-30(22-36(34)40)12-15-37-43(35)53-45(51-37)39-16-13-33(10-2)57(39)47(59)42(55-49(61)63-8)29-17-19-64-20-18-29/h11-12,14-15,21-24,26-29,33,39,41-42H,9-10,13,16-20,25H2,1-8H3,(H,50,52)(H,51,53)(H,54,60)(H,55,61)/t27-,28-,33-,39-,41-,42-/m0/s1. The second kappa shape index (κ2) is 19.1. The molecule has 5 aromatic rings. The van der Waals surface area contributed by atoms with E-state index in [0.717, 1.165) is 87.0 Å². The van der Waals surface area contributed by atoms with Crippen LogP contribution in [0.3, 0.4) is 0 Å². The Morgan fingerprint density at radius 1 is 0.908 bits per heavy atom. The lowest BCUT2D eigenvalue weighted by molar-refractivity contribution is -0.140. The van der Waals surface area contributed by atoms with Crippen LogP contribution in [0.2, 0.25) is 0 Å². The zero-order valence-electron chi connectivity index (χ0n) is 38.7. The number of fused-ring (bicyclic) bond motifs is 6. The highest BCUT2D eigenvalue weighted by Crippen LogP contribution is 2.44. The first kappa shape index (κ1) is 45.4. The quantitative estimate of drug-likeness (QED) is 0.0893. The number of methoxy groups -OCH3 is 2. The lowest BCUT2D eigenvalue weighted by Gasteiger charge is -2.37. The molecule has 2 fully saturated rings. The van der Waals surface area contributed by atoms with Gasteiger partial charge in [-0.15, -0.1) is 0 Å². The van der Waals surface area contributed by atoms with Gasteiger partial charge < -0.3 is 49.3 Å². The highest BCUT2D eigenvalue weighted by atomic mass is 16.5. The third-order valence-corrected chi connectivity index (χ3v) is 13.8. The van der Waals surface area contributed by atoms with Gasteiger partial charge in [0, 0.05) is 36.2 Å². The number of hydrogen-bond acceptors (Lipinski definition) is 10. The van der Waals surface area contributed by atoms with E-state index in [9.17, 15) is 19.2 Å². The van der Waals surface area contributed by atoms with Crippen molar-refractivity contribution in [2.45, 2.75) is 123 Å². The van der Waals surface area contributed by atoms with Gasteiger partial charge in [-0.1, -0.05) is 45.9 Å². The second-order valence-corrected chi connectivity index (χ2v) is 18.0. The number of ether oxygens (including phenoxy) is 4. The van der Waals surface area contributed by atoms with Crippen LogP contribution in [0.1, 0.15) is 109 Å². The van der Waals surface area contributed by atoms with Crippen LogP contribution in [0, 0.1) is 11.8 Å². The number of nitrogens with one attached hydrogen (secondary N) is 4. The van der Waals surface area contributed by atoms with Crippen LogP contribution in [0.25, 0.3) is 44.2 Å². The van der Waals surface area contributed by atoms with Crippen molar-refractivity contribution in [3.8, 4) is 28.1 Å². The molecule has 0 radical (unpaired) electrons. The molecular weight excluding hydrogens is 829 g/mol. The fraction of sp³-hybridized carbons (Fsp3) is 0.510. The van der Waals surface area contributed by atoms with Gasteiger partial charge in [0.2, 0.25) is 11.8 Å². The smallest absolute Gasteiger partial charge is 0.407 e. The molecule has 2 saturated heterocycles. The summed E-state index contributed by atoms with van der Waals surface area (Å²) in [5.41, 5.74) is 6.52. The zero-order valence-corrected chi connectivity index (χ0v) is 38.7. The van der Waals surface area contributed by atoms with Crippen molar-refractivity contribution in [3.05, 3.63) is 65.9 Å². The van der Waals surface area contributed by atoms with Crippen molar-refractivity contribution in [2.75, 3.05) is 27.4 Å². The summed E-state index contributed by atoms with van der Waals surface area (Å²) in [4.78, 5) is 74.0. The molecule has 65 heavy (non-hydrogen) atoms. The van der Waals surface area contributed by atoms with E-state index in [0.29, 0.717) is 38.5 Å². The number of nitrogens with zero attached hydrogens (tertiary/aromatic N) is 4. The molecule has 3 aromatic carbocycles. The third kappa shape index (κ3) is 8.84. The van der Waals surface area contributed by atoms with Gasteiger partial charge in [0.1, 0.15) is 36.1 Å². The Balaban J connectivity index is 1.05. The monoisotopic (exact) mass is 890 g/mol. The highest BCUT2D eigenvalue weighted by molar-refractivity contribution is 6.07. The van der Waals surface area contributed by atoms with E-state index in [2.05, 4.69) is 63.9 Å². The number of hydrogen-bond donors (Lipinski definition) is 4. The van der Waals surface area contributed by atoms with Crippen molar-refractivity contribution >= 4 is 45.8 Å². The number of aromatic nitrogens is 4. The zero-order chi connectivity index (χ0) is 46.1. The molecule has 2 aromatic heterocycles. The molecule has 4 amide bonds. The maximum absolute atomic E-state index is 14.5. The summed E-state index contributed by atoms with van der Waals surface area (Å²) in [6.07, 6.45) is 4.98. The van der Waals surface area contributed by atoms with Crippen LogP contribution in [-0.4, -0.2) is 105 Å². The van der Waals surface area contributed by atoms with Crippen molar-refractivity contribution in [3.63, 3.8) is 0 Å². The van der Waals surface area contributed by atoms with Crippen LogP contribution in [0.15, 0.2) is 48.7 Å². The lowest BCUT2D eigenvalue weighted by Crippen LogP contribution is -2.54. The molecule has 0 bridgehead atoms. The first-order valence-corrected chi connectivity index (χ1v) is 23.0. The Morgan fingerprint density at radius 2 is 1.66 bits per heavy atom. The molecule has 0 spiro atoms. The van der Waals surface area contributed by atoms with Gasteiger partial charge in [-0.2, -0.15) is 0 Å². The van der Waals surface area contributed by atoms with Crippen LogP contribution in [0.5, 0.6) is 5.75 Å². The van der Waals surface area contributed by atoms with Crippen molar-refractivity contribution < 1.29 is 38.1 Å². The van der Waals surface area contributed by atoms with Gasteiger partial charge in [-0.05, 0) is 111 Å². The van der Waals surface area contributed by atoms with E-state index >= 15 is 0 Å². The number of carbonyl (C=O) groups excluding carboxylic acids is 4. The summed E-state index contributed by atoms with van der Waals surface area (Å²) in [6.45, 7) is 13.3. The lowest BCUT2D eigenvalue weighted by atomic mass is 9.90. The summed E-state index contributed by atoms with van der Waals surface area (Å²) in [5.74, 6) is 1.60. The molecule has 346 valence electrons. The Hall–Kier alpha value is -6.16. The van der Waals surface area contributed by atoms with Gasteiger partial charge in [0.25, 0.3) is 0 Å². The highest BCUT2D eigenvalue weighted by Gasteiger charge is 2.44. The van der Waals surface area contributed by atoms with Crippen molar-refractivity contribution in [1.82, 2.24) is 40.4 Å². The Morgan fingerprint density at radius 3 is 2.37 bits per heavy atom. The molecule has 4 N–H and O–H groups in total. The van der Waals surface area contributed by atoms with Crippen LogP contribution >= 0.6 is 0 Å². The Labute approximate surface area is 379 Å². The number of benzene rings is 3. The average molecular weight is 891 g/mol. The topological polar surface area (TPSA) is 193 Å². The molecule has 16 heteroatoms. The molecule has 16 nitrogen and oxygen atoms in total. The number of aromatic amines is 2. The minimum atomic E-state index is -0.759. The minimum absolute atomic E-state index is 0.00983. The third-order valence-electron chi connectivity index (χ3n) is 13.8. The summed E-state index contributed by atoms with van der Waals surface area (Å²) in [5, 5.41) is 7.56. The molecule has 8 rings (SSSR count). The van der Waals surface area contributed by atoms with E-state index in [-0.39, 0.29) is 41.8 Å². The minimum Gasteiger partial charge on any atom is -0.488 e. The van der Waals surface area contributed by atoms with Gasteiger partial charge in [0.05, 0.1) is 49.2 Å². The number of alkyl carbamates (subject to hydrolysis) is 2. The molecule has 3 aliphatic rings. The molecule has 0 unspecified atom stereocenters. The largest absolute Gasteiger partial charge is 0.488 e. The molecule has 0 saturated carbocycles. The van der Waals surface area contributed by atoms with E-state index in [1.54, 1.807) is 11.1 Å². The summed E-state index contributed by atoms with van der Waals surface area (Å²) < 4.78 is 21.8. The van der Waals surface area contributed by atoms with Crippen LogP contribution < -0.4 is 15.4 Å². The maximum Gasteiger partial charge on any atom is 0.407 e. The number of imidazole rings is 2. The molecule has 3 aliphatic heterocycles. The number of carbonyl (C=O) groups is 4. The van der Waals surface area contributed by atoms with E-state index in [4.69, 9.17) is 28.9 Å². The molecular formula is C49H62N8O8. The first-order valence-electron chi connectivity index (χ1n) is 23.0. The predicted molar refractivity (Wildman–Crippen MR) is 246 cm³/mol. The Bertz CT molecular complexity index is 2560. The number of amides is 4. The van der Waals surface area contributed by atoms with Gasteiger partial charge >= 0.3 is 12.2 Å². The molecule has 0 aliphatic carbocycles. The molecule has 5 heterocycles. The Kier molecular flexibility index (Phi) is 13.4. The van der Waals surface area contributed by atoms with Gasteiger partial charge in [-0.3, -0.25) is 9.59 Å². The first-order chi connectivity index (χ1) is 31.3. The normalized spacial score (nSPS) is 19.2. The van der Waals surface area contributed by atoms with E-state index in [1.165, 1.54) is 14.2 Å². The summed E-state index contributed by atoms with van der Waals surface area (Å²) in [7, 11) is 2.60. The van der Waals surface area contributed by atoms with Crippen LogP contribution in [-0.2, 0) is 30.4 Å². The average Bonchev–Trinajstić information content (AvgIpc) is 4.11. The fourth-order valence-electron chi connectivity index (χ4n) is 9.97. The van der Waals surface area contributed by atoms with Crippen molar-refractivity contribution in [2.24, 2.45) is 11.8 Å². The fourth-order valence-corrected chi connectivity index (χ4v) is 9.97. The van der Waals surface area contributed by atoms with Gasteiger partial charge in [0.15, 0.2) is 0 Å². The summed E-state index contributed by atoms with van der Waals surface area (Å²) >= 11 is 0. The number of rotatable bonds is 13. The van der Waals surface area contributed by atoms with E-state index in [1.807, 2.05) is 45.6 Å². The van der Waals surface area contributed by atoms with Crippen molar-refractivity contribution in [1.29, 1.82) is 0 Å². The number of H-pyrrole nitrogens is 2. The molecule has 6 atom stereocenters. The predicted octanol–water partition coefficient (Wildman–Crippen LogP) is 8.33. The number of likely N-dealkylation sites (tertiary alicyclic amines) is 1. The van der Waals surface area contributed by atoms with Crippen LogP contribution in [0.4, 0.5) is 9.59 Å². The SMILES string of the molecule is CC[C@H]1CC[C@@H](c2nc3c(ccc4cc5c(cc43)OCc3cc(-c4cnc([C@H](C)N(C(=O)[C@@H](NC(=O)OC)C(C)C)[C@@H](C)CC)[nH]4)ccc3-5)[nH]2)N1C(=O)[C@@H](NC(=O)OC)C1CCOCC1.